The Labute approximate surface area is 142 Å². The van der Waals surface area contributed by atoms with Crippen LogP contribution in [-0.4, -0.2) is 49.2 Å². The van der Waals surface area contributed by atoms with E-state index in [1.165, 1.54) is 0 Å². The summed E-state index contributed by atoms with van der Waals surface area (Å²) < 4.78 is 5.86. The molecule has 0 spiro atoms. The first-order valence-corrected chi connectivity index (χ1v) is 8.94. The molecule has 1 aromatic rings. The second kappa shape index (κ2) is 6.45. The van der Waals surface area contributed by atoms with Crippen LogP contribution in [0.5, 0.6) is 0 Å². The van der Waals surface area contributed by atoms with Crippen LogP contribution in [0.2, 0.25) is 0 Å². The number of amides is 1. The third-order valence-electron chi connectivity index (χ3n) is 5.59. The zero-order valence-electron chi connectivity index (χ0n) is 13.9. The average Bonchev–Trinajstić information content (AvgIpc) is 3.17. The van der Waals surface area contributed by atoms with Crippen LogP contribution in [0.4, 0.5) is 5.69 Å². The van der Waals surface area contributed by atoms with Gasteiger partial charge < -0.3 is 14.5 Å². The van der Waals surface area contributed by atoms with E-state index in [4.69, 9.17) is 10.00 Å². The smallest absolute Gasteiger partial charge is 0.228 e. The van der Waals surface area contributed by atoms with Crippen LogP contribution >= 0.6 is 0 Å². The van der Waals surface area contributed by atoms with Crippen molar-refractivity contribution in [3.63, 3.8) is 0 Å². The number of nitrogens with zero attached hydrogens (tertiary/aromatic N) is 3. The minimum atomic E-state index is 0.0882. The Bertz CT molecular complexity index is 652. The molecule has 0 N–H and O–H groups in total. The van der Waals surface area contributed by atoms with Gasteiger partial charge in [-0.05, 0) is 49.9 Å². The third kappa shape index (κ3) is 2.87. The summed E-state index contributed by atoms with van der Waals surface area (Å²) in [6.45, 7) is 3.40. The van der Waals surface area contributed by atoms with E-state index in [1.54, 1.807) is 0 Å². The van der Waals surface area contributed by atoms with Gasteiger partial charge in [-0.1, -0.05) is 0 Å². The van der Waals surface area contributed by atoms with Crippen molar-refractivity contribution in [2.75, 3.05) is 31.1 Å². The quantitative estimate of drug-likeness (QED) is 0.836. The number of hydrogen-bond donors (Lipinski definition) is 0. The van der Waals surface area contributed by atoms with E-state index in [0.717, 1.165) is 57.5 Å². The monoisotopic (exact) mass is 325 g/mol. The van der Waals surface area contributed by atoms with Crippen LogP contribution in [-0.2, 0) is 9.53 Å². The molecule has 5 nitrogen and oxygen atoms in total. The van der Waals surface area contributed by atoms with E-state index in [-0.39, 0.29) is 12.0 Å². The molecular weight excluding hydrogens is 302 g/mol. The van der Waals surface area contributed by atoms with E-state index in [2.05, 4.69) is 11.0 Å². The maximum absolute atomic E-state index is 12.9. The lowest BCUT2D eigenvalue weighted by molar-refractivity contribution is -0.136. The minimum absolute atomic E-state index is 0.0882. The SMILES string of the molecule is N#Cc1ccc(N2CCCN(C(=O)[C@@H]3C[C@H]4CC[C@H]3O4)CC2)cc1. The van der Waals surface area contributed by atoms with Crippen molar-refractivity contribution in [3.05, 3.63) is 29.8 Å². The number of fused-ring (bicyclic) bond motifs is 2. The molecule has 5 heteroatoms. The molecule has 3 aliphatic heterocycles. The Kier molecular flexibility index (Phi) is 4.15. The Morgan fingerprint density at radius 1 is 1.12 bits per heavy atom. The van der Waals surface area contributed by atoms with Crippen LogP contribution in [0.3, 0.4) is 0 Å². The van der Waals surface area contributed by atoms with E-state index in [1.807, 2.05) is 29.2 Å². The number of nitriles is 1. The fourth-order valence-corrected chi connectivity index (χ4v) is 4.28. The van der Waals surface area contributed by atoms with E-state index in [0.29, 0.717) is 17.6 Å². The topological polar surface area (TPSA) is 56.6 Å². The van der Waals surface area contributed by atoms with Crippen molar-refractivity contribution in [2.45, 2.75) is 37.9 Å². The van der Waals surface area contributed by atoms with E-state index < -0.39 is 0 Å². The molecule has 3 atom stereocenters. The Morgan fingerprint density at radius 3 is 2.62 bits per heavy atom. The zero-order chi connectivity index (χ0) is 16.5. The molecule has 3 fully saturated rings. The molecule has 4 rings (SSSR count). The molecular formula is C19H23N3O2. The molecule has 0 saturated carbocycles. The first kappa shape index (κ1) is 15.5. The van der Waals surface area contributed by atoms with Gasteiger partial charge in [-0.3, -0.25) is 4.79 Å². The highest BCUT2D eigenvalue weighted by Crippen LogP contribution is 2.39. The maximum atomic E-state index is 12.9. The van der Waals surface area contributed by atoms with Crippen molar-refractivity contribution >= 4 is 11.6 Å². The minimum Gasteiger partial charge on any atom is -0.374 e. The molecule has 0 aromatic heterocycles. The summed E-state index contributed by atoms with van der Waals surface area (Å²) in [6.07, 6.45) is 4.56. The van der Waals surface area contributed by atoms with Gasteiger partial charge in [-0.15, -0.1) is 0 Å². The second-order valence-corrected chi connectivity index (χ2v) is 7.04. The predicted molar refractivity (Wildman–Crippen MR) is 90.6 cm³/mol. The lowest BCUT2D eigenvalue weighted by atomic mass is 9.88. The zero-order valence-corrected chi connectivity index (χ0v) is 13.9. The standard InChI is InChI=1S/C19H23N3O2/c20-13-14-2-4-15(5-3-14)21-8-1-9-22(11-10-21)19(23)17-12-16-6-7-18(17)24-16/h2-5,16-18H,1,6-12H2/t16-,17-,18-/m1/s1. The first-order valence-electron chi connectivity index (χ1n) is 8.94. The van der Waals surface area contributed by atoms with Crippen LogP contribution in [0.1, 0.15) is 31.2 Å². The normalized spacial score (nSPS) is 29.4. The van der Waals surface area contributed by atoms with Crippen molar-refractivity contribution in [1.82, 2.24) is 4.90 Å². The fraction of sp³-hybridized carbons (Fsp3) is 0.579. The van der Waals surface area contributed by atoms with Gasteiger partial charge in [0.15, 0.2) is 0 Å². The number of ether oxygens (including phenoxy) is 1. The van der Waals surface area contributed by atoms with Crippen molar-refractivity contribution in [3.8, 4) is 6.07 Å². The number of carbonyl (C=O) groups excluding carboxylic acids is 1. The van der Waals surface area contributed by atoms with Gasteiger partial charge in [0.25, 0.3) is 0 Å². The molecule has 3 saturated heterocycles. The lowest BCUT2D eigenvalue weighted by Gasteiger charge is -2.27. The predicted octanol–water partition coefficient (Wildman–Crippen LogP) is 2.16. The second-order valence-electron chi connectivity index (χ2n) is 7.04. The Morgan fingerprint density at radius 2 is 1.96 bits per heavy atom. The highest BCUT2D eigenvalue weighted by Gasteiger charge is 2.45. The van der Waals surface area contributed by atoms with E-state index >= 15 is 0 Å². The largest absolute Gasteiger partial charge is 0.374 e. The van der Waals surface area contributed by atoms with Crippen LogP contribution in [0.15, 0.2) is 24.3 Å². The van der Waals surface area contributed by atoms with Gasteiger partial charge >= 0.3 is 0 Å². The van der Waals surface area contributed by atoms with Gasteiger partial charge in [-0.2, -0.15) is 5.26 Å². The van der Waals surface area contributed by atoms with Crippen LogP contribution in [0.25, 0.3) is 0 Å². The molecule has 2 bridgehead atoms. The van der Waals surface area contributed by atoms with Crippen LogP contribution in [0, 0.1) is 17.2 Å². The summed E-state index contributed by atoms with van der Waals surface area (Å²) in [7, 11) is 0. The van der Waals surface area contributed by atoms with Crippen molar-refractivity contribution < 1.29 is 9.53 Å². The molecule has 0 aliphatic carbocycles. The summed E-state index contributed by atoms with van der Waals surface area (Å²) in [5.41, 5.74) is 1.81. The average molecular weight is 325 g/mol. The summed E-state index contributed by atoms with van der Waals surface area (Å²) in [5.74, 6) is 0.383. The number of anilines is 1. The van der Waals surface area contributed by atoms with Gasteiger partial charge in [0.2, 0.25) is 5.91 Å². The van der Waals surface area contributed by atoms with Gasteiger partial charge in [0.05, 0.1) is 29.8 Å². The molecule has 126 valence electrons. The highest BCUT2D eigenvalue weighted by molar-refractivity contribution is 5.80. The summed E-state index contributed by atoms with van der Waals surface area (Å²) >= 11 is 0. The van der Waals surface area contributed by atoms with Gasteiger partial charge in [0, 0.05) is 31.9 Å². The molecule has 3 heterocycles. The molecule has 1 aromatic carbocycles. The third-order valence-corrected chi connectivity index (χ3v) is 5.59. The number of rotatable bonds is 2. The van der Waals surface area contributed by atoms with Crippen molar-refractivity contribution in [1.29, 1.82) is 5.26 Å². The first-order chi connectivity index (χ1) is 11.7. The highest BCUT2D eigenvalue weighted by atomic mass is 16.5. The Hall–Kier alpha value is -2.06. The number of benzene rings is 1. The van der Waals surface area contributed by atoms with Crippen LogP contribution < -0.4 is 4.90 Å². The summed E-state index contributed by atoms with van der Waals surface area (Å²) in [5, 5.41) is 8.91. The molecule has 1 amide bonds. The number of hydrogen-bond acceptors (Lipinski definition) is 4. The van der Waals surface area contributed by atoms with Gasteiger partial charge in [-0.25, -0.2) is 0 Å². The maximum Gasteiger partial charge on any atom is 0.228 e. The molecule has 0 unspecified atom stereocenters. The number of carbonyl (C=O) groups is 1. The summed E-state index contributed by atoms with van der Waals surface area (Å²) in [4.78, 5) is 17.2. The lowest BCUT2D eigenvalue weighted by Crippen LogP contribution is -2.42. The molecule has 24 heavy (non-hydrogen) atoms. The van der Waals surface area contributed by atoms with Crippen molar-refractivity contribution in [2.24, 2.45) is 5.92 Å². The van der Waals surface area contributed by atoms with Gasteiger partial charge in [0.1, 0.15) is 0 Å². The summed E-state index contributed by atoms with van der Waals surface area (Å²) in [6, 6.07) is 9.87. The van der Waals surface area contributed by atoms with E-state index in [9.17, 15) is 4.79 Å². The molecule has 3 aliphatic rings. The fourth-order valence-electron chi connectivity index (χ4n) is 4.28. The molecule has 0 radical (unpaired) electrons. The Balaban J connectivity index is 1.39.